The fourth-order valence-electron chi connectivity index (χ4n) is 3.72. The molecule has 0 fully saturated rings. The lowest BCUT2D eigenvalue weighted by atomic mass is 10.0. The number of aromatic amines is 1. The van der Waals surface area contributed by atoms with Gasteiger partial charge < -0.3 is 9.73 Å². The van der Waals surface area contributed by atoms with Crippen LogP contribution in [0.5, 0.6) is 0 Å². The Bertz CT molecular complexity index is 1210. The Balaban J connectivity index is 1.40. The van der Waals surface area contributed by atoms with Gasteiger partial charge in [-0.3, -0.25) is 9.89 Å². The van der Waals surface area contributed by atoms with Crippen LogP contribution >= 0.6 is 0 Å². The zero-order valence-electron chi connectivity index (χ0n) is 15.5. The number of benzene rings is 1. The van der Waals surface area contributed by atoms with Crippen molar-refractivity contribution in [2.45, 2.75) is 32.7 Å². The van der Waals surface area contributed by atoms with E-state index in [1.807, 2.05) is 25.1 Å². The molecule has 0 radical (unpaired) electrons. The van der Waals surface area contributed by atoms with E-state index in [0.717, 1.165) is 34.9 Å². The third kappa shape index (κ3) is 2.74. The van der Waals surface area contributed by atoms with Crippen LogP contribution in [0, 0.1) is 13.8 Å². The molecule has 0 unspecified atom stereocenters. The molecular formula is C20H18N6O2. The molecule has 140 valence electrons. The fourth-order valence-corrected chi connectivity index (χ4v) is 3.72. The lowest BCUT2D eigenvalue weighted by molar-refractivity contribution is 0.0933. The molecule has 3 heterocycles. The van der Waals surface area contributed by atoms with E-state index in [2.05, 4.69) is 36.8 Å². The van der Waals surface area contributed by atoms with Crippen molar-refractivity contribution in [3.8, 4) is 11.5 Å². The first-order valence-electron chi connectivity index (χ1n) is 9.13. The van der Waals surface area contributed by atoms with Crippen LogP contribution in [0.4, 0.5) is 0 Å². The molecule has 0 saturated heterocycles. The molecule has 1 amide bonds. The molecule has 0 bridgehead atoms. The van der Waals surface area contributed by atoms with Crippen LogP contribution in [0.3, 0.4) is 0 Å². The summed E-state index contributed by atoms with van der Waals surface area (Å²) >= 11 is 0. The number of hydrogen-bond acceptors (Lipinski definition) is 6. The number of carbonyl (C=O) groups is 1. The first-order valence-corrected chi connectivity index (χ1v) is 9.13. The van der Waals surface area contributed by atoms with Gasteiger partial charge in [-0.15, -0.1) is 10.2 Å². The highest BCUT2D eigenvalue weighted by atomic mass is 16.4. The van der Waals surface area contributed by atoms with Crippen molar-refractivity contribution in [1.82, 2.24) is 30.7 Å². The predicted molar refractivity (Wildman–Crippen MR) is 102 cm³/mol. The van der Waals surface area contributed by atoms with Crippen LogP contribution in [0.25, 0.3) is 22.5 Å². The molecule has 28 heavy (non-hydrogen) atoms. The van der Waals surface area contributed by atoms with E-state index in [1.165, 1.54) is 5.56 Å². The standard InChI is InChI=1S/C20H18N6O2/c1-10-7-15-17(24-25-18(15)21-9-10)19(27)22-16-6-4-12-8-13(3-5-14(12)16)20-26-23-11(2)28-20/h3,5,7-9,16H,4,6H2,1-2H3,(H,22,27)(H,21,24,25)/t16-/m1/s1. The number of nitrogens with one attached hydrogen (secondary N) is 2. The Morgan fingerprint density at radius 2 is 2.14 bits per heavy atom. The van der Waals surface area contributed by atoms with Crippen molar-refractivity contribution in [2.75, 3.05) is 0 Å². The van der Waals surface area contributed by atoms with Gasteiger partial charge in [0.05, 0.1) is 11.4 Å². The quantitative estimate of drug-likeness (QED) is 0.570. The van der Waals surface area contributed by atoms with Gasteiger partial charge in [0.25, 0.3) is 5.91 Å². The summed E-state index contributed by atoms with van der Waals surface area (Å²) in [5.74, 6) is 0.876. The Labute approximate surface area is 160 Å². The summed E-state index contributed by atoms with van der Waals surface area (Å²) in [5.41, 5.74) is 5.17. The highest BCUT2D eigenvalue weighted by Crippen LogP contribution is 2.34. The van der Waals surface area contributed by atoms with Crippen molar-refractivity contribution in [3.63, 3.8) is 0 Å². The molecule has 3 aromatic heterocycles. The minimum Gasteiger partial charge on any atom is -0.421 e. The maximum absolute atomic E-state index is 12.8. The lowest BCUT2D eigenvalue weighted by Crippen LogP contribution is -2.27. The Hall–Kier alpha value is -3.55. The second-order valence-electron chi connectivity index (χ2n) is 7.09. The van der Waals surface area contributed by atoms with Gasteiger partial charge in [0.15, 0.2) is 5.65 Å². The fraction of sp³-hybridized carbons (Fsp3) is 0.250. The van der Waals surface area contributed by atoms with E-state index in [9.17, 15) is 4.79 Å². The van der Waals surface area contributed by atoms with Crippen molar-refractivity contribution < 1.29 is 9.21 Å². The first-order chi connectivity index (χ1) is 13.6. The second-order valence-corrected chi connectivity index (χ2v) is 7.09. The third-order valence-corrected chi connectivity index (χ3v) is 5.07. The van der Waals surface area contributed by atoms with Gasteiger partial charge in [0, 0.05) is 18.7 Å². The number of aromatic nitrogens is 5. The molecule has 1 atom stereocenters. The molecule has 2 N–H and O–H groups in total. The van der Waals surface area contributed by atoms with E-state index in [1.54, 1.807) is 13.1 Å². The zero-order chi connectivity index (χ0) is 19.3. The molecule has 1 aliphatic rings. The normalized spacial score (nSPS) is 15.7. The lowest BCUT2D eigenvalue weighted by Gasteiger charge is -2.14. The molecule has 5 rings (SSSR count). The van der Waals surface area contributed by atoms with Gasteiger partial charge in [-0.1, -0.05) is 6.07 Å². The van der Waals surface area contributed by atoms with Gasteiger partial charge in [0.1, 0.15) is 5.69 Å². The van der Waals surface area contributed by atoms with Gasteiger partial charge in [-0.05, 0) is 54.7 Å². The summed E-state index contributed by atoms with van der Waals surface area (Å²) in [4.78, 5) is 17.1. The minimum atomic E-state index is -0.177. The molecule has 4 aromatic rings. The number of aryl methyl sites for hydroxylation is 3. The molecular weight excluding hydrogens is 356 g/mol. The van der Waals surface area contributed by atoms with Crippen LogP contribution in [0.15, 0.2) is 34.9 Å². The number of nitrogens with zero attached hydrogens (tertiary/aromatic N) is 4. The SMILES string of the molecule is Cc1cnc2n[nH]c(C(=O)N[C@@H]3CCc4cc(-c5nnc(C)o5)ccc43)c2c1. The summed E-state index contributed by atoms with van der Waals surface area (Å²) in [5, 5.41) is 18.8. The second kappa shape index (κ2) is 6.26. The monoisotopic (exact) mass is 374 g/mol. The number of rotatable bonds is 3. The average molecular weight is 374 g/mol. The third-order valence-electron chi connectivity index (χ3n) is 5.07. The van der Waals surface area contributed by atoms with Crippen molar-refractivity contribution >= 4 is 16.9 Å². The Morgan fingerprint density at radius 3 is 2.96 bits per heavy atom. The van der Waals surface area contributed by atoms with Crippen molar-refractivity contribution in [1.29, 1.82) is 0 Å². The van der Waals surface area contributed by atoms with Crippen molar-refractivity contribution in [2.24, 2.45) is 0 Å². The van der Waals surface area contributed by atoms with E-state index >= 15 is 0 Å². The highest BCUT2D eigenvalue weighted by molar-refractivity contribution is 6.04. The van der Waals surface area contributed by atoms with E-state index in [4.69, 9.17) is 4.42 Å². The summed E-state index contributed by atoms with van der Waals surface area (Å²) in [6, 6.07) is 7.92. The number of fused-ring (bicyclic) bond motifs is 2. The molecule has 8 heteroatoms. The smallest absolute Gasteiger partial charge is 0.270 e. The van der Waals surface area contributed by atoms with Crippen LogP contribution in [-0.2, 0) is 6.42 Å². The predicted octanol–water partition coefficient (Wildman–Crippen LogP) is 3.04. The molecule has 1 aromatic carbocycles. The number of pyridine rings is 1. The zero-order valence-corrected chi connectivity index (χ0v) is 15.5. The summed E-state index contributed by atoms with van der Waals surface area (Å²) in [6.07, 6.45) is 3.46. The summed E-state index contributed by atoms with van der Waals surface area (Å²) in [6.45, 7) is 3.71. The Kier molecular flexibility index (Phi) is 3.71. The Morgan fingerprint density at radius 1 is 1.25 bits per heavy atom. The largest absolute Gasteiger partial charge is 0.421 e. The number of carbonyl (C=O) groups excluding carboxylic acids is 1. The first kappa shape index (κ1) is 16.6. The summed E-state index contributed by atoms with van der Waals surface area (Å²) < 4.78 is 5.51. The van der Waals surface area contributed by atoms with Gasteiger partial charge in [0.2, 0.25) is 11.8 Å². The average Bonchev–Trinajstić information content (AvgIpc) is 3.39. The van der Waals surface area contributed by atoms with Crippen LogP contribution in [0.1, 0.15) is 45.5 Å². The molecule has 0 spiro atoms. The molecule has 0 aliphatic heterocycles. The van der Waals surface area contributed by atoms with Gasteiger partial charge in [-0.25, -0.2) is 4.98 Å². The highest BCUT2D eigenvalue weighted by Gasteiger charge is 2.26. The van der Waals surface area contributed by atoms with Crippen LogP contribution in [-0.4, -0.2) is 31.3 Å². The maximum Gasteiger partial charge on any atom is 0.270 e. The van der Waals surface area contributed by atoms with Crippen molar-refractivity contribution in [3.05, 3.63) is 58.7 Å². The van der Waals surface area contributed by atoms with E-state index in [0.29, 0.717) is 23.1 Å². The van der Waals surface area contributed by atoms with Crippen LogP contribution < -0.4 is 5.32 Å². The number of H-pyrrole nitrogens is 1. The maximum atomic E-state index is 12.8. The molecule has 8 nitrogen and oxygen atoms in total. The molecule has 1 aliphatic carbocycles. The van der Waals surface area contributed by atoms with Gasteiger partial charge in [-0.2, -0.15) is 5.10 Å². The van der Waals surface area contributed by atoms with E-state index < -0.39 is 0 Å². The molecule has 0 saturated carbocycles. The van der Waals surface area contributed by atoms with E-state index in [-0.39, 0.29) is 11.9 Å². The number of hydrogen-bond donors (Lipinski definition) is 2. The topological polar surface area (TPSA) is 110 Å². The minimum absolute atomic E-state index is 0.0444. The van der Waals surface area contributed by atoms with Gasteiger partial charge >= 0.3 is 0 Å². The summed E-state index contributed by atoms with van der Waals surface area (Å²) in [7, 11) is 0. The van der Waals surface area contributed by atoms with Crippen LogP contribution in [0.2, 0.25) is 0 Å². The number of amides is 1.